The summed E-state index contributed by atoms with van der Waals surface area (Å²) in [6.45, 7) is 7.40. The maximum atomic E-state index is 11.0. The fraction of sp³-hybridized carbons (Fsp3) is 0.455. The van der Waals surface area contributed by atoms with E-state index in [1.807, 2.05) is 12.4 Å². The molecule has 6 nitrogen and oxygen atoms in total. The molecule has 1 aliphatic heterocycles. The van der Waals surface area contributed by atoms with Gasteiger partial charge in [0.15, 0.2) is 0 Å². The summed E-state index contributed by atoms with van der Waals surface area (Å²) < 4.78 is 0. The highest BCUT2D eigenvalue weighted by Gasteiger charge is 2.35. The predicted octanol–water partition coefficient (Wildman–Crippen LogP) is 7.54. The maximum Gasteiger partial charge on any atom is 0.124 e. The first kappa shape index (κ1) is 26.0. The summed E-state index contributed by atoms with van der Waals surface area (Å²) >= 11 is 0. The molecule has 3 N–H and O–H groups in total. The van der Waals surface area contributed by atoms with Crippen molar-refractivity contribution >= 4 is 0 Å². The zero-order valence-electron chi connectivity index (χ0n) is 23.4. The van der Waals surface area contributed by atoms with Crippen LogP contribution in [0.4, 0.5) is 0 Å². The van der Waals surface area contributed by atoms with E-state index in [2.05, 4.69) is 89.2 Å². The molecule has 2 fully saturated rings. The average molecular weight is 524 g/mol. The Labute approximate surface area is 231 Å². The second-order valence-electron chi connectivity index (χ2n) is 11.9. The third-order valence-electron chi connectivity index (χ3n) is 9.13. The second-order valence-corrected chi connectivity index (χ2v) is 11.9. The minimum Gasteiger partial charge on any atom is -0.378 e. The summed E-state index contributed by atoms with van der Waals surface area (Å²) in [5, 5.41) is 11.0. The predicted molar refractivity (Wildman–Crippen MR) is 157 cm³/mol. The lowest BCUT2D eigenvalue weighted by atomic mass is 9.95. The molecule has 1 unspecified atom stereocenters. The first-order chi connectivity index (χ1) is 19.0. The van der Waals surface area contributed by atoms with Crippen molar-refractivity contribution in [2.24, 2.45) is 11.8 Å². The number of aromatic nitrogens is 4. The van der Waals surface area contributed by atoms with Gasteiger partial charge in [-0.15, -0.1) is 0 Å². The number of aliphatic hydroxyl groups is 1. The monoisotopic (exact) mass is 523 g/mol. The quantitative estimate of drug-likeness (QED) is 0.223. The first-order valence-electron chi connectivity index (χ1n) is 14.7. The fourth-order valence-electron chi connectivity index (χ4n) is 6.27. The molecule has 4 aromatic rings. The SMILES string of the molecule is CC(C)[C@H](C)C(O)N1CCC[C@H]1c1ncc(-c2ccc(-c3ccc(-c4cnc(C5CCCC5)[nH]4)cc3)cc2)[nH]1. The Morgan fingerprint density at radius 1 is 0.718 bits per heavy atom. The van der Waals surface area contributed by atoms with Crippen LogP contribution in [-0.2, 0) is 0 Å². The van der Waals surface area contributed by atoms with Gasteiger partial charge in [-0.25, -0.2) is 9.97 Å². The Kier molecular flexibility index (Phi) is 7.41. The van der Waals surface area contributed by atoms with Crippen LogP contribution >= 0.6 is 0 Å². The molecule has 3 atom stereocenters. The molecule has 1 saturated carbocycles. The van der Waals surface area contributed by atoms with E-state index in [0.29, 0.717) is 11.8 Å². The van der Waals surface area contributed by atoms with E-state index in [1.165, 1.54) is 42.4 Å². The van der Waals surface area contributed by atoms with Crippen LogP contribution in [0.15, 0.2) is 60.9 Å². The van der Waals surface area contributed by atoms with E-state index in [0.717, 1.165) is 48.0 Å². The van der Waals surface area contributed by atoms with Crippen LogP contribution in [0, 0.1) is 11.8 Å². The topological polar surface area (TPSA) is 80.8 Å². The van der Waals surface area contributed by atoms with Crippen LogP contribution in [0.2, 0.25) is 0 Å². The van der Waals surface area contributed by atoms with Crippen molar-refractivity contribution < 1.29 is 5.11 Å². The normalized spacial score (nSPS) is 20.2. The number of benzene rings is 2. The van der Waals surface area contributed by atoms with Gasteiger partial charge in [-0.1, -0.05) is 82.1 Å². The minimum atomic E-state index is -0.445. The summed E-state index contributed by atoms with van der Waals surface area (Å²) in [7, 11) is 0. The second kappa shape index (κ2) is 11.1. The molecule has 39 heavy (non-hydrogen) atoms. The average Bonchev–Trinajstić information content (AvgIpc) is 3.78. The van der Waals surface area contributed by atoms with Crippen molar-refractivity contribution in [1.82, 2.24) is 24.8 Å². The number of nitrogens with one attached hydrogen (secondary N) is 2. The third-order valence-corrected chi connectivity index (χ3v) is 9.13. The molecular formula is C33H41N5O. The number of aromatic amines is 2. The molecule has 1 saturated heterocycles. The lowest BCUT2D eigenvalue weighted by molar-refractivity contribution is -0.0570. The van der Waals surface area contributed by atoms with Crippen LogP contribution in [0.5, 0.6) is 0 Å². The van der Waals surface area contributed by atoms with Crippen LogP contribution in [0.3, 0.4) is 0 Å². The van der Waals surface area contributed by atoms with Gasteiger partial charge in [0.1, 0.15) is 17.9 Å². The molecule has 6 heteroatoms. The van der Waals surface area contributed by atoms with Gasteiger partial charge in [0.25, 0.3) is 0 Å². The van der Waals surface area contributed by atoms with Gasteiger partial charge in [-0.2, -0.15) is 0 Å². The number of hydrogen-bond donors (Lipinski definition) is 3. The van der Waals surface area contributed by atoms with Crippen molar-refractivity contribution in [3.63, 3.8) is 0 Å². The van der Waals surface area contributed by atoms with Crippen LogP contribution in [-0.4, -0.2) is 42.7 Å². The van der Waals surface area contributed by atoms with E-state index >= 15 is 0 Å². The molecule has 2 aromatic heterocycles. The van der Waals surface area contributed by atoms with Gasteiger partial charge in [-0.05, 0) is 59.8 Å². The van der Waals surface area contributed by atoms with Crippen molar-refractivity contribution in [3.05, 3.63) is 72.6 Å². The molecule has 3 heterocycles. The molecule has 204 valence electrons. The maximum absolute atomic E-state index is 11.0. The summed E-state index contributed by atoms with van der Waals surface area (Å²) in [6.07, 6.45) is 10.7. The van der Waals surface area contributed by atoms with Gasteiger partial charge < -0.3 is 15.1 Å². The fourth-order valence-corrected chi connectivity index (χ4v) is 6.27. The zero-order chi connectivity index (χ0) is 26.9. The summed E-state index contributed by atoms with van der Waals surface area (Å²) in [6, 6.07) is 17.5. The Morgan fingerprint density at radius 2 is 1.23 bits per heavy atom. The smallest absolute Gasteiger partial charge is 0.124 e. The van der Waals surface area contributed by atoms with E-state index in [9.17, 15) is 5.11 Å². The Hall–Kier alpha value is -3.22. The standard InChI is InChI=1S/C33H41N5O/c1-21(2)22(3)33(39)38-18-6-9-30(38)32-35-20-29(37-32)26-16-12-24(13-17-26)23-10-14-25(15-11-23)28-19-34-31(36-28)27-7-4-5-8-27/h10-17,19-22,27,30,33,39H,4-9,18H2,1-3H3,(H,34,36)(H,35,37)/t22-,30-,33?/m0/s1. The Morgan fingerprint density at radius 3 is 1.79 bits per heavy atom. The van der Waals surface area contributed by atoms with Crippen LogP contribution in [0.1, 0.15) is 82.9 Å². The number of H-pyrrole nitrogens is 2. The van der Waals surface area contributed by atoms with E-state index in [-0.39, 0.29) is 12.0 Å². The van der Waals surface area contributed by atoms with E-state index in [1.54, 1.807) is 0 Å². The number of aliphatic hydroxyl groups excluding tert-OH is 1. The van der Waals surface area contributed by atoms with Gasteiger partial charge >= 0.3 is 0 Å². The summed E-state index contributed by atoms with van der Waals surface area (Å²) in [4.78, 5) is 18.7. The number of hydrogen-bond acceptors (Lipinski definition) is 4. The Bertz CT molecular complexity index is 1360. The van der Waals surface area contributed by atoms with E-state index in [4.69, 9.17) is 4.98 Å². The third kappa shape index (κ3) is 5.32. The van der Waals surface area contributed by atoms with Crippen LogP contribution in [0.25, 0.3) is 33.6 Å². The highest BCUT2D eigenvalue weighted by Crippen LogP contribution is 2.36. The number of imidazole rings is 2. The summed E-state index contributed by atoms with van der Waals surface area (Å²) in [5.74, 6) is 3.34. The number of likely N-dealkylation sites (tertiary alicyclic amines) is 1. The molecule has 2 aromatic carbocycles. The lowest BCUT2D eigenvalue weighted by Gasteiger charge is -2.34. The van der Waals surface area contributed by atoms with Gasteiger partial charge in [0.05, 0.1) is 29.8 Å². The Balaban J connectivity index is 1.14. The molecule has 0 amide bonds. The van der Waals surface area contributed by atoms with Crippen molar-refractivity contribution in [3.8, 4) is 33.6 Å². The number of rotatable bonds is 8. The molecule has 0 bridgehead atoms. The molecular weight excluding hydrogens is 482 g/mol. The molecule has 6 rings (SSSR count). The largest absolute Gasteiger partial charge is 0.378 e. The molecule has 1 aliphatic carbocycles. The van der Waals surface area contributed by atoms with Gasteiger partial charge in [0.2, 0.25) is 0 Å². The van der Waals surface area contributed by atoms with Crippen molar-refractivity contribution in [2.75, 3.05) is 6.54 Å². The van der Waals surface area contributed by atoms with Gasteiger partial charge in [-0.3, -0.25) is 4.90 Å². The zero-order valence-corrected chi connectivity index (χ0v) is 23.4. The van der Waals surface area contributed by atoms with Crippen molar-refractivity contribution in [2.45, 2.75) is 77.5 Å². The molecule has 0 radical (unpaired) electrons. The van der Waals surface area contributed by atoms with Crippen molar-refractivity contribution in [1.29, 1.82) is 0 Å². The highest BCUT2D eigenvalue weighted by molar-refractivity contribution is 5.71. The highest BCUT2D eigenvalue weighted by atomic mass is 16.3. The first-order valence-corrected chi connectivity index (χ1v) is 14.7. The summed E-state index contributed by atoms with van der Waals surface area (Å²) in [5.41, 5.74) is 6.79. The minimum absolute atomic E-state index is 0.136. The van der Waals surface area contributed by atoms with Gasteiger partial charge in [0, 0.05) is 12.5 Å². The van der Waals surface area contributed by atoms with Crippen LogP contribution < -0.4 is 0 Å². The lowest BCUT2D eigenvalue weighted by Crippen LogP contribution is -2.41. The molecule has 2 aliphatic rings. The molecule has 0 spiro atoms. The van der Waals surface area contributed by atoms with E-state index < -0.39 is 6.23 Å². The number of nitrogens with zero attached hydrogens (tertiary/aromatic N) is 3.